The maximum atomic E-state index is 12.9. The number of para-hydroxylation sites is 1. The van der Waals surface area contributed by atoms with Gasteiger partial charge in [0.25, 0.3) is 5.91 Å². The predicted molar refractivity (Wildman–Crippen MR) is 100 cm³/mol. The van der Waals surface area contributed by atoms with Crippen LogP contribution in [0, 0.1) is 5.82 Å². The van der Waals surface area contributed by atoms with Crippen LogP contribution in [0.3, 0.4) is 0 Å². The molecule has 1 atom stereocenters. The number of esters is 1. The normalized spacial score (nSPS) is 11.8. The van der Waals surface area contributed by atoms with Gasteiger partial charge in [0.15, 0.2) is 11.5 Å². The quantitative estimate of drug-likeness (QED) is 0.662. The second kappa shape index (κ2) is 8.47. The molecule has 3 rings (SSSR count). The van der Waals surface area contributed by atoms with E-state index < -0.39 is 18.0 Å². The Hall–Kier alpha value is -3.48. The minimum atomic E-state index is -1.07. The zero-order valence-corrected chi connectivity index (χ0v) is 15.1. The number of halogens is 1. The van der Waals surface area contributed by atoms with E-state index in [0.29, 0.717) is 18.4 Å². The Kier molecular flexibility index (Phi) is 5.84. The van der Waals surface area contributed by atoms with Crippen LogP contribution in [0.15, 0.2) is 63.8 Å². The standard InChI is InChI=1S/C21H18FNO5/c1-13(20(25)23-11-10-14-6-8-15(22)9-7-14)27-21(26)19-12-17(24)16-4-2-3-5-18(16)28-19/h2-9,12-13H,10-11H2,1H3,(H,23,25)/t13-/m1/s1. The molecule has 0 saturated heterocycles. The van der Waals surface area contributed by atoms with Crippen molar-refractivity contribution < 1.29 is 23.1 Å². The minimum absolute atomic E-state index is 0.262. The van der Waals surface area contributed by atoms with Crippen LogP contribution in [0.1, 0.15) is 23.0 Å². The molecule has 0 spiro atoms. The third-order valence-corrected chi connectivity index (χ3v) is 4.12. The Morgan fingerprint density at radius 2 is 1.86 bits per heavy atom. The van der Waals surface area contributed by atoms with Crippen LogP contribution in [0.2, 0.25) is 0 Å². The average Bonchev–Trinajstić information content (AvgIpc) is 2.69. The number of carbonyl (C=O) groups is 2. The summed E-state index contributed by atoms with van der Waals surface area (Å²) in [6.07, 6.45) is -0.566. The fourth-order valence-electron chi connectivity index (χ4n) is 2.60. The van der Waals surface area contributed by atoms with Crippen molar-refractivity contribution in [3.8, 4) is 0 Å². The van der Waals surface area contributed by atoms with Gasteiger partial charge in [-0.05, 0) is 43.2 Å². The molecule has 6 nitrogen and oxygen atoms in total. The molecule has 0 aliphatic heterocycles. The van der Waals surface area contributed by atoms with Gasteiger partial charge >= 0.3 is 5.97 Å². The summed E-state index contributed by atoms with van der Waals surface area (Å²) in [5, 5.41) is 2.99. The smallest absolute Gasteiger partial charge is 0.375 e. The lowest BCUT2D eigenvalue weighted by Gasteiger charge is -2.13. The largest absolute Gasteiger partial charge is 0.449 e. The maximum Gasteiger partial charge on any atom is 0.375 e. The highest BCUT2D eigenvalue weighted by Gasteiger charge is 2.21. The lowest BCUT2D eigenvalue weighted by atomic mass is 10.1. The summed E-state index contributed by atoms with van der Waals surface area (Å²) in [7, 11) is 0. The van der Waals surface area contributed by atoms with Crippen molar-refractivity contribution in [2.45, 2.75) is 19.4 Å². The van der Waals surface area contributed by atoms with Crippen LogP contribution in [0.4, 0.5) is 4.39 Å². The Morgan fingerprint density at radius 1 is 1.14 bits per heavy atom. The fraction of sp³-hybridized carbons (Fsp3) is 0.190. The molecule has 7 heteroatoms. The highest BCUT2D eigenvalue weighted by atomic mass is 19.1. The molecule has 1 N–H and O–H groups in total. The Morgan fingerprint density at radius 3 is 2.61 bits per heavy atom. The molecule has 28 heavy (non-hydrogen) atoms. The molecule has 0 aliphatic carbocycles. The second-order valence-corrected chi connectivity index (χ2v) is 6.19. The number of rotatable bonds is 6. The molecule has 1 heterocycles. The first-order valence-corrected chi connectivity index (χ1v) is 8.70. The first kappa shape index (κ1) is 19.3. The van der Waals surface area contributed by atoms with Gasteiger partial charge in [-0.1, -0.05) is 24.3 Å². The number of ether oxygens (including phenoxy) is 1. The van der Waals surface area contributed by atoms with Gasteiger partial charge in [-0.15, -0.1) is 0 Å². The van der Waals surface area contributed by atoms with Crippen molar-refractivity contribution in [1.82, 2.24) is 5.32 Å². The number of amides is 1. The molecule has 144 valence electrons. The number of hydrogen-bond donors (Lipinski definition) is 1. The fourth-order valence-corrected chi connectivity index (χ4v) is 2.60. The zero-order chi connectivity index (χ0) is 20.1. The van der Waals surface area contributed by atoms with Gasteiger partial charge in [0.2, 0.25) is 5.76 Å². The van der Waals surface area contributed by atoms with Crippen molar-refractivity contribution >= 4 is 22.8 Å². The molecular weight excluding hydrogens is 365 g/mol. The molecule has 3 aromatic rings. The van der Waals surface area contributed by atoms with Gasteiger partial charge in [-0.2, -0.15) is 0 Å². The third kappa shape index (κ3) is 4.62. The number of fused-ring (bicyclic) bond motifs is 1. The van der Waals surface area contributed by atoms with Crippen molar-refractivity contribution in [2.75, 3.05) is 6.54 Å². The van der Waals surface area contributed by atoms with Gasteiger partial charge in [-0.3, -0.25) is 9.59 Å². The SMILES string of the molecule is C[C@@H](OC(=O)c1cc(=O)c2ccccc2o1)C(=O)NCCc1ccc(F)cc1. The van der Waals surface area contributed by atoms with E-state index >= 15 is 0 Å². The van der Waals surface area contributed by atoms with Gasteiger partial charge in [0.05, 0.1) is 5.39 Å². The molecule has 1 aromatic heterocycles. The summed E-state index contributed by atoms with van der Waals surface area (Å²) in [5.74, 6) is -1.98. The van der Waals surface area contributed by atoms with Crippen molar-refractivity contribution in [1.29, 1.82) is 0 Å². The number of carbonyl (C=O) groups excluding carboxylic acids is 2. The molecule has 0 aliphatic rings. The van der Waals surface area contributed by atoms with Crippen LogP contribution in [-0.4, -0.2) is 24.5 Å². The molecule has 0 bridgehead atoms. The van der Waals surface area contributed by atoms with E-state index in [1.165, 1.54) is 19.1 Å². The summed E-state index contributed by atoms with van der Waals surface area (Å²) < 4.78 is 23.4. The Bertz CT molecular complexity index is 1060. The van der Waals surface area contributed by atoms with E-state index in [0.717, 1.165) is 11.6 Å². The monoisotopic (exact) mass is 383 g/mol. The van der Waals surface area contributed by atoms with Crippen molar-refractivity contribution in [3.05, 3.63) is 82.0 Å². The summed E-state index contributed by atoms with van der Waals surface area (Å²) in [6.45, 7) is 1.72. The van der Waals surface area contributed by atoms with E-state index in [2.05, 4.69) is 5.32 Å². The highest BCUT2D eigenvalue weighted by molar-refractivity contribution is 5.91. The molecule has 1 amide bonds. The molecular formula is C21H18FNO5. The van der Waals surface area contributed by atoms with Crippen molar-refractivity contribution in [3.63, 3.8) is 0 Å². The van der Waals surface area contributed by atoms with Crippen LogP contribution < -0.4 is 10.7 Å². The summed E-state index contributed by atoms with van der Waals surface area (Å²) in [5.41, 5.74) is 0.757. The molecule has 2 aromatic carbocycles. The van der Waals surface area contributed by atoms with Gasteiger partial charge in [0, 0.05) is 12.6 Å². The van der Waals surface area contributed by atoms with Crippen LogP contribution in [0.25, 0.3) is 11.0 Å². The summed E-state index contributed by atoms with van der Waals surface area (Å²) in [6, 6.07) is 13.5. The first-order valence-electron chi connectivity index (χ1n) is 8.70. The zero-order valence-electron chi connectivity index (χ0n) is 15.1. The topological polar surface area (TPSA) is 85.6 Å². The van der Waals surface area contributed by atoms with E-state index in [1.807, 2.05) is 0 Å². The van der Waals surface area contributed by atoms with Crippen LogP contribution in [0.5, 0.6) is 0 Å². The van der Waals surface area contributed by atoms with E-state index in [1.54, 1.807) is 36.4 Å². The first-order chi connectivity index (χ1) is 13.4. The molecule has 0 radical (unpaired) electrons. The molecule has 0 unspecified atom stereocenters. The number of hydrogen-bond acceptors (Lipinski definition) is 5. The van der Waals surface area contributed by atoms with E-state index in [4.69, 9.17) is 9.15 Å². The predicted octanol–water partition coefficient (Wildman–Crippen LogP) is 2.84. The van der Waals surface area contributed by atoms with E-state index in [9.17, 15) is 18.8 Å². The maximum absolute atomic E-state index is 12.9. The van der Waals surface area contributed by atoms with Gasteiger partial charge in [-0.25, -0.2) is 9.18 Å². The summed E-state index contributed by atoms with van der Waals surface area (Å²) in [4.78, 5) is 36.4. The molecule has 0 fully saturated rings. The molecule has 0 saturated carbocycles. The average molecular weight is 383 g/mol. The lowest BCUT2D eigenvalue weighted by Crippen LogP contribution is -2.37. The highest BCUT2D eigenvalue weighted by Crippen LogP contribution is 2.13. The van der Waals surface area contributed by atoms with Crippen LogP contribution >= 0.6 is 0 Å². The number of nitrogens with one attached hydrogen (secondary N) is 1. The third-order valence-electron chi connectivity index (χ3n) is 4.12. The Labute approximate surface area is 159 Å². The number of benzene rings is 2. The van der Waals surface area contributed by atoms with Crippen LogP contribution in [-0.2, 0) is 16.0 Å². The lowest BCUT2D eigenvalue weighted by molar-refractivity contribution is -0.129. The minimum Gasteiger partial charge on any atom is -0.449 e. The van der Waals surface area contributed by atoms with Crippen molar-refractivity contribution in [2.24, 2.45) is 0 Å². The second-order valence-electron chi connectivity index (χ2n) is 6.19. The van der Waals surface area contributed by atoms with E-state index in [-0.39, 0.29) is 22.6 Å². The van der Waals surface area contributed by atoms with Gasteiger partial charge < -0.3 is 14.5 Å². The Balaban J connectivity index is 1.56. The van der Waals surface area contributed by atoms with Gasteiger partial charge in [0.1, 0.15) is 11.4 Å². The summed E-state index contributed by atoms with van der Waals surface area (Å²) >= 11 is 0.